The van der Waals surface area contributed by atoms with Crippen molar-refractivity contribution in [3.05, 3.63) is 34.4 Å². The van der Waals surface area contributed by atoms with Gasteiger partial charge in [-0.15, -0.1) is 0 Å². The molecule has 0 heterocycles. The lowest BCUT2D eigenvalue weighted by molar-refractivity contribution is 0.613. The maximum Gasteiger partial charge on any atom is 0.0195 e. The van der Waals surface area contributed by atoms with Crippen LogP contribution < -0.4 is 5.32 Å². The molecule has 18 heavy (non-hydrogen) atoms. The molecule has 0 amide bonds. The van der Waals surface area contributed by atoms with Gasteiger partial charge in [0.25, 0.3) is 0 Å². The van der Waals surface area contributed by atoms with Crippen molar-refractivity contribution < 1.29 is 0 Å². The molecule has 0 spiro atoms. The first-order valence-corrected chi connectivity index (χ1v) is 7.84. The van der Waals surface area contributed by atoms with E-state index in [1.165, 1.54) is 28.0 Å². The Morgan fingerprint density at radius 2 is 1.67 bits per heavy atom. The Morgan fingerprint density at radius 3 is 2.11 bits per heavy atom. The first kappa shape index (κ1) is 15.6. The van der Waals surface area contributed by atoms with Crippen molar-refractivity contribution in [3.63, 3.8) is 0 Å². The Hall–Kier alpha value is -0.470. The highest BCUT2D eigenvalue weighted by Crippen LogP contribution is 2.20. The van der Waals surface area contributed by atoms with Crippen LogP contribution >= 0.6 is 11.8 Å². The summed E-state index contributed by atoms with van der Waals surface area (Å²) in [5.74, 6) is 1.18. The van der Waals surface area contributed by atoms with Crippen molar-refractivity contribution in [2.24, 2.45) is 0 Å². The normalized spacial score (nSPS) is 13.1. The molecule has 0 aromatic heterocycles. The third kappa shape index (κ3) is 4.66. The number of likely N-dealkylation sites (N-methyl/N-ethyl adjacent to an activating group) is 1. The molecule has 0 bridgehead atoms. The lowest BCUT2D eigenvalue weighted by Gasteiger charge is -2.20. The van der Waals surface area contributed by atoms with Crippen LogP contribution in [-0.4, -0.2) is 24.1 Å². The van der Waals surface area contributed by atoms with Gasteiger partial charge in [-0.05, 0) is 56.2 Å². The molecule has 2 heteroatoms. The summed E-state index contributed by atoms with van der Waals surface area (Å²) in [5, 5.41) is 4.16. The smallest absolute Gasteiger partial charge is 0.0195 e. The molecule has 0 saturated carbocycles. The molecule has 1 aromatic rings. The van der Waals surface area contributed by atoms with Gasteiger partial charge in [0.1, 0.15) is 0 Å². The molecule has 1 atom stereocenters. The van der Waals surface area contributed by atoms with E-state index < -0.39 is 0 Å². The number of hydrogen-bond acceptors (Lipinski definition) is 2. The number of aryl methyl sites for hydroxylation is 3. The SMILES string of the molecule is CNC(CSC(C)C)Cc1c(C)cc(C)cc1C. The van der Waals surface area contributed by atoms with Crippen LogP contribution in [0.3, 0.4) is 0 Å². The number of hydrogen-bond donors (Lipinski definition) is 1. The number of thioether (sulfide) groups is 1. The van der Waals surface area contributed by atoms with E-state index in [0.717, 1.165) is 6.42 Å². The molecular formula is C16H27NS. The molecule has 0 saturated heterocycles. The van der Waals surface area contributed by atoms with Crippen molar-refractivity contribution in [2.45, 2.75) is 52.3 Å². The van der Waals surface area contributed by atoms with Gasteiger partial charge in [0, 0.05) is 11.8 Å². The van der Waals surface area contributed by atoms with E-state index in [4.69, 9.17) is 0 Å². The fourth-order valence-electron chi connectivity index (χ4n) is 2.33. The molecule has 0 aliphatic heterocycles. The summed E-state index contributed by atoms with van der Waals surface area (Å²) in [4.78, 5) is 0. The molecule has 0 radical (unpaired) electrons. The summed E-state index contributed by atoms with van der Waals surface area (Å²) in [6.07, 6.45) is 1.13. The highest BCUT2D eigenvalue weighted by molar-refractivity contribution is 7.99. The van der Waals surface area contributed by atoms with E-state index in [-0.39, 0.29) is 0 Å². The molecular weight excluding hydrogens is 238 g/mol. The fraction of sp³-hybridized carbons (Fsp3) is 0.625. The second-order valence-corrected chi connectivity index (χ2v) is 7.06. The number of nitrogens with one attached hydrogen (secondary N) is 1. The average Bonchev–Trinajstić information content (AvgIpc) is 2.26. The predicted octanol–water partition coefficient (Wildman–Crippen LogP) is 3.88. The average molecular weight is 265 g/mol. The minimum absolute atomic E-state index is 0.567. The molecule has 0 fully saturated rings. The van der Waals surface area contributed by atoms with Crippen LogP contribution in [0.1, 0.15) is 36.1 Å². The number of benzene rings is 1. The molecule has 0 aliphatic carbocycles. The maximum atomic E-state index is 3.45. The van der Waals surface area contributed by atoms with Crippen molar-refractivity contribution in [1.29, 1.82) is 0 Å². The summed E-state index contributed by atoms with van der Waals surface area (Å²) >= 11 is 2.04. The summed E-state index contributed by atoms with van der Waals surface area (Å²) in [5.41, 5.74) is 5.75. The van der Waals surface area contributed by atoms with Crippen LogP contribution in [0.4, 0.5) is 0 Å². The van der Waals surface area contributed by atoms with E-state index in [0.29, 0.717) is 11.3 Å². The van der Waals surface area contributed by atoms with E-state index in [1.807, 2.05) is 11.8 Å². The van der Waals surface area contributed by atoms with Crippen molar-refractivity contribution in [2.75, 3.05) is 12.8 Å². The number of rotatable bonds is 6. The van der Waals surface area contributed by atoms with Crippen LogP contribution in [-0.2, 0) is 6.42 Å². The van der Waals surface area contributed by atoms with Crippen LogP contribution in [0.2, 0.25) is 0 Å². The van der Waals surface area contributed by atoms with Gasteiger partial charge in [0.05, 0.1) is 0 Å². The zero-order valence-electron chi connectivity index (χ0n) is 12.6. The Balaban J connectivity index is 2.75. The molecule has 1 nitrogen and oxygen atoms in total. The second kappa shape index (κ2) is 7.20. The van der Waals surface area contributed by atoms with Gasteiger partial charge in [-0.25, -0.2) is 0 Å². The van der Waals surface area contributed by atoms with E-state index in [2.05, 4.69) is 59.1 Å². The van der Waals surface area contributed by atoms with Gasteiger partial charge < -0.3 is 5.32 Å². The summed E-state index contributed by atoms with van der Waals surface area (Å²) in [7, 11) is 2.07. The standard InChI is InChI=1S/C16H27NS/c1-11(2)18-10-15(17-6)9-16-13(4)7-12(3)8-14(16)5/h7-8,11,15,17H,9-10H2,1-6H3. The minimum Gasteiger partial charge on any atom is -0.316 e. The third-order valence-corrected chi connectivity index (χ3v) is 4.59. The van der Waals surface area contributed by atoms with E-state index in [9.17, 15) is 0 Å². The Bertz CT molecular complexity index is 362. The quantitative estimate of drug-likeness (QED) is 0.837. The van der Waals surface area contributed by atoms with Crippen molar-refractivity contribution >= 4 is 11.8 Å². The maximum absolute atomic E-state index is 3.45. The second-order valence-electron chi connectivity index (χ2n) is 5.45. The minimum atomic E-state index is 0.567. The van der Waals surface area contributed by atoms with Crippen LogP contribution in [0.5, 0.6) is 0 Å². The van der Waals surface area contributed by atoms with Gasteiger partial charge in [-0.2, -0.15) is 11.8 Å². The van der Waals surface area contributed by atoms with Crippen molar-refractivity contribution in [1.82, 2.24) is 5.32 Å². The van der Waals surface area contributed by atoms with Gasteiger partial charge in [-0.3, -0.25) is 0 Å². The lowest BCUT2D eigenvalue weighted by atomic mass is 9.95. The van der Waals surface area contributed by atoms with Gasteiger partial charge in [0.2, 0.25) is 0 Å². The first-order valence-electron chi connectivity index (χ1n) is 6.79. The largest absolute Gasteiger partial charge is 0.316 e. The van der Waals surface area contributed by atoms with Gasteiger partial charge in [0.15, 0.2) is 0 Å². The van der Waals surface area contributed by atoms with E-state index in [1.54, 1.807) is 0 Å². The molecule has 1 N–H and O–H groups in total. The van der Waals surface area contributed by atoms with Gasteiger partial charge in [-0.1, -0.05) is 31.5 Å². The third-order valence-electron chi connectivity index (χ3n) is 3.33. The summed E-state index contributed by atoms with van der Waals surface area (Å²) in [6, 6.07) is 5.16. The highest BCUT2D eigenvalue weighted by Gasteiger charge is 2.12. The van der Waals surface area contributed by atoms with Crippen LogP contribution in [0.25, 0.3) is 0 Å². The molecule has 102 valence electrons. The summed E-state index contributed by atoms with van der Waals surface area (Å²) in [6.45, 7) is 11.2. The van der Waals surface area contributed by atoms with E-state index >= 15 is 0 Å². The molecule has 1 aromatic carbocycles. The Morgan fingerprint density at radius 1 is 1.11 bits per heavy atom. The zero-order chi connectivity index (χ0) is 13.7. The molecule has 0 aliphatic rings. The molecule has 1 rings (SSSR count). The van der Waals surface area contributed by atoms with Crippen molar-refractivity contribution in [3.8, 4) is 0 Å². The lowest BCUT2D eigenvalue weighted by Crippen LogP contribution is -2.31. The van der Waals surface area contributed by atoms with Crippen LogP contribution in [0.15, 0.2) is 12.1 Å². The zero-order valence-corrected chi connectivity index (χ0v) is 13.4. The predicted molar refractivity (Wildman–Crippen MR) is 84.8 cm³/mol. The highest BCUT2D eigenvalue weighted by atomic mass is 32.2. The van der Waals surface area contributed by atoms with Gasteiger partial charge >= 0.3 is 0 Å². The molecule has 1 unspecified atom stereocenters. The monoisotopic (exact) mass is 265 g/mol. The first-order chi connectivity index (χ1) is 8.43. The Kier molecular flexibility index (Phi) is 6.24. The topological polar surface area (TPSA) is 12.0 Å². The summed E-state index contributed by atoms with van der Waals surface area (Å²) < 4.78 is 0. The Labute approximate surface area is 117 Å². The fourth-order valence-corrected chi connectivity index (χ4v) is 3.23. The van der Waals surface area contributed by atoms with Crippen LogP contribution in [0, 0.1) is 20.8 Å².